The van der Waals surface area contributed by atoms with Crippen LogP contribution in [-0.4, -0.2) is 85.7 Å². The van der Waals surface area contributed by atoms with Crippen molar-refractivity contribution in [2.45, 2.75) is 59.0 Å². The van der Waals surface area contributed by atoms with Gasteiger partial charge in [-0.15, -0.1) is 0 Å². The summed E-state index contributed by atoms with van der Waals surface area (Å²) >= 11 is 3.53. The summed E-state index contributed by atoms with van der Waals surface area (Å²) in [6.07, 6.45) is -2.80. The molecular formula is C32H40BrF3N4O4. The van der Waals surface area contributed by atoms with E-state index in [9.17, 15) is 18.0 Å². The van der Waals surface area contributed by atoms with Gasteiger partial charge in [0.05, 0.1) is 55.2 Å². The molecule has 3 aromatic rings. The van der Waals surface area contributed by atoms with Gasteiger partial charge in [-0.3, -0.25) is 14.7 Å². The van der Waals surface area contributed by atoms with E-state index in [2.05, 4.69) is 25.7 Å². The summed E-state index contributed by atoms with van der Waals surface area (Å²) in [5, 5.41) is 0.698. The number of carbonyl (C=O) groups is 1. The number of morpholine rings is 1. The molecule has 2 aliphatic rings. The molecular weight excluding hydrogens is 641 g/mol. The Balaban J connectivity index is 1.72. The van der Waals surface area contributed by atoms with Gasteiger partial charge in [-0.1, -0.05) is 29.8 Å². The molecule has 0 N–H and O–H groups in total. The van der Waals surface area contributed by atoms with Crippen LogP contribution in [0.15, 0.2) is 34.9 Å². The van der Waals surface area contributed by atoms with Crippen molar-refractivity contribution >= 4 is 38.5 Å². The van der Waals surface area contributed by atoms with Crippen molar-refractivity contribution in [3.05, 3.63) is 46.2 Å². The van der Waals surface area contributed by atoms with Crippen LogP contribution in [0.3, 0.4) is 0 Å². The predicted octanol–water partition coefficient (Wildman–Crippen LogP) is 6.39. The molecule has 0 bridgehead atoms. The van der Waals surface area contributed by atoms with E-state index in [0.29, 0.717) is 40.9 Å². The number of hydrogen-bond acceptors (Lipinski definition) is 7. The molecule has 2 fully saturated rings. The van der Waals surface area contributed by atoms with E-state index in [0.717, 1.165) is 48.5 Å². The number of carbonyl (C=O) groups excluding carboxylic acids is 1. The Morgan fingerprint density at radius 2 is 1.98 bits per heavy atom. The first-order chi connectivity index (χ1) is 20.8. The van der Waals surface area contributed by atoms with Gasteiger partial charge in [0.2, 0.25) is 0 Å². The second-order valence-electron chi connectivity index (χ2n) is 12.5. The van der Waals surface area contributed by atoms with Gasteiger partial charge in [0.15, 0.2) is 0 Å². The minimum absolute atomic E-state index is 0.120. The van der Waals surface area contributed by atoms with Crippen molar-refractivity contribution in [1.29, 1.82) is 0 Å². The van der Waals surface area contributed by atoms with Crippen LogP contribution in [0.5, 0.6) is 0 Å². The minimum Gasteiger partial charge on any atom is -0.465 e. The van der Waals surface area contributed by atoms with Gasteiger partial charge in [0.1, 0.15) is 6.54 Å². The summed E-state index contributed by atoms with van der Waals surface area (Å²) in [7, 11) is 1.57. The molecule has 0 unspecified atom stereocenters. The van der Waals surface area contributed by atoms with Crippen molar-refractivity contribution in [3.63, 3.8) is 0 Å². The quantitative estimate of drug-likeness (QED) is 0.243. The zero-order valence-electron chi connectivity index (χ0n) is 25.8. The van der Waals surface area contributed by atoms with Crippen molar-refractivity contribution < 1.29 is 32.2 Å². The largest absolute Gasteiger partial charge is 0.465 e. The number of aromatic nitrogens is 2. The van der Waals surface area contributed by atoms with E-state index in [1.807, 2.05) is 32.9 Å². The summed E-state index contributed by atoms with van der Waals surface area (Å²) in [5.74, 6) is -0.405. The van der Waals surface area contributed by atoms with Crippen LogP contribution in [-0.2, 0) is 32.0 Å². The highest BCUT2D eigenvalue weighted by Crippen LogP contribution is 2.43. The molecule has 2 atom stereocenters. The molecule has 0 spiro atoms. The van der Waals surface area contributed by atoms with Crippen molar-refractivity contribution in [3.8, 4) is 11.3 Å². The number of benzene rings is 1. The lowest BCUT2D eigenvalue weighted by Crippen LogP contribution is -2.58. The van der Waals surface area contributed by atoms with Crippen molar-refractivity contribution in [2.75, 3.05) is 58.0 Å². The molecule has 0 amide bonds. The summed E-state index contributed by atoms with van der Waals surface area (Å²) in [6, 6.07) is 7.55. The molecule has 4 heterocycles. The summed E-state index contributed by atoms with van der Waals surface area (Å²) in [5.41, 5.74) is 3.06. The summed E-state index contributed by atoms with van der Waals surface area (Å²) in [6.45, 7) is 10.7. The molecule has 44 heavy (non-hydrogen) atoms. The Kier molecular flexibility index (Phi) is 9.65. The topological polar surface area (TPSA) is 69.1 Å². The fourth-order valence-corrected chi connectivity index (χ4v) is 6.66. The first-order valence-corrected chi connectivity index (χ1v) is 15.7. The maximum Gasteiger partial charge on any atom is 0.406 e. The molecule has 12 heteroatoms. The number of halogens is 4. The van der Waals surface area contributed by atoms with Gasteiger partial charge >= 0.3 is 12.1 Å². The number of methoxy groups -OCH3 is 1. The number of hydrogen-bond donors (Lipinski definition) is 0. The Bertz CT molecular complexity index is 1510. The maximum absolute atomic E-state index is 14.3. The maximum atomic E-state index is 14.3. The Morgan fingerprint density at radius 3 is 2.68 bits per heavy atom. The standard InChI is InChI=1S/C32H40BrF3N4O4/c1-20(42-5)29-26(13-23(15-37-29)39-9-8-38-10-11-43-17-24(38)16-39)30-27(14-31(3,4)19-44-21(2)41)25-12-22(33)6-7-28(25)40(30)18-32(34,35)36/h6-7,12-13,15,20,24H,8-11,14,16-19H2,1-5H3/t20-,24-/m0/s1. The van der Waals surface area contributed by atoms with E-state index in [-0.39, 0.29) is 12.6 Å². The number of rotatable bonds is 9. The van der Waals surface area contributed by atoms with Crippen LogP contribution in [0.2, 0.25) is 0 Å². The highest BCUT2D eigenvalue weighted by atomic mass is 79.9. The van der Waals surface area contributed by atoms with Crippen LogP contribution in [0.4, 0.5) is 18.9 Å². The van der Waals surface area contributed by atoms with E-state index in [1.54, 1.807) is 25.4 Å². The number of nitrogens with zero attached hydrogens (tertiary/aromatic N) is 4. The number of anilines is 1. The number of alkyl halides is 3. The molecule has 5 rings (SSSR count). The molecule has 0 radical (unpaired) electrons. The van der Waals surface area contributed by atoms with E-state index in [1.165, 1.54) is 11.5 Å². The van der Waals surface area contributed by atoms with E-state index < -0.39 is 30.2 Å². The SMILES string of the molecule is CO[C@@H](C)c1ncc(N2CCN3CCOC[C@@H]3C2)cc1-c1c(CC(C)(C)COC(C)=O)c2cc(Br)ccc2n1CC(F)(F)F. The van der Waals surface area contributed by atoms with Gasteiger partial charge in [-0.25, -0.2) is 0 Å². The summed E-state index contributed by atoms with van der Waals surface area (Å²) in [4.78, 5) is 21.2. The lowest BCUT2D eigenvalue weighted by Gasteiger charge is -2.44. The Labute approximate surface area is 264 Å². The highest BCUT2D eigenvalue weighted by Gasteiger charge is 2.35. The summed E-state index contributed by atoms with van der Waals surface area (Å²) < 4.78 is 61.8. The normalized spacial score (nSPS) is 18.8. The van der Waals surface area contributed by atoms with Gasteiger partial charge in [-0.2, -0.15) is 13.2 Å². The monoisotopic (exact) mass is 680 g/mol. The number of ether oxygens (including phenoxy) is 3. The third kappa shape index (κ3) is 7.24. The van der Waals surface area contributed by atoms with Gasteiger partial charge < -0.3 is 23.7 Å². The third-order valence-electron chi connectivity index (χ3n) is 8.49. The van der Waals surface area contributed by atoms with Gasteiger partial charge in [0, 0.05) is 66.6 Å². The Morgan fingerprint density at radius 1 is 1.20 bits per heavy atom. The predicted molar refractivity (Wildman–Crippen MR) is 167 cm³/mol. The lowest BCUT2D eigenvalue weighted by atomic mass is 9.84. The zero-order chi connectivity index (χ0) is 31.8. The number of fused-ring (bicyclic) bond motifs is 2. The molecule has 2 saturated heterocycles. The average Bonchev–Trinajstić information content (AvgIpc) is 3.24. The smallest absolute Gasteiger partial charge is 0.406 e. The van der Waals surface area contributed by atoms with Crippen LogP contribution in [0.1, 0.15) is 45.1 Å². The fourth-order valence-electron chi connectivity index (χ4n) is 6.30. The number of esters is 1. The third-order valence-corrected chi connectivity index (χ3v) is 8.98. The van der Waals surface area contributed by atoms with E-state index >= 15 is 0 Å². The molecule has 8 nitrogen and oxygen atoms in total. The highest BCUT2D eigenvalue weighted by molar-refractivity contribution is 9.10. The first kappa shape index (κ1) is 32.7. The first-order valence-electron chi connectivity index (χ1n) is 14.9. The second kappa shape index (κ2) is 13.0. The van der Waals surface area contributed by atoms with Crippen LogP contribution < -0.4 is 4.90 Å². The number of pyridine rings is 1. The van der Waals surface area contributed by atoms with Crippen LogP contribution in [0, 0.1) is 5.41 Å². The molecule has 240 valence electrons. The average molecular weight is 682 g/mol. The molecule has 0 saturated carbocycles. The minimum atomic E-state index is -4.48. The number of piperazine rings is 1. The molecule has 1 aromatic carbocycles. The lowest BCUT2D eigenvalue weighted by molar-refractivity contribution is -0.144. The van der Waals surface area contributed by atoms with Crippen LogP contribution >= 0.6 is 15.9 Å². The van der Waals surface area contributed by atoms with Crippen LogP contribution in [0.25, 0.3) is 22.2 Å². The van der Waals surface area contributed by atoms with Gasteiger partial charge in [-0.05, 0) is 43.2 Å². The van der Waals surface area contributed by atoms with Crippen molar-refractivity contribution in [1.82, 2.24) is 14.5 Å². The molecule has 2 aromatic heterocycles. The van der Waals surface area contributed by atoms with E-state index in [4.69, 9.17) is 19.2 Å². The fraction of sp³-hybridized carbons (Fsp3) is 0.562. The van der Waals surface area contributed by atoms with Crippen molar-refractivity contribution in [2.24, 2.45) is 5.41 Å². The Hall–Kier alpha value is -2.67. The zero-order valence-corrected chi connectivity index (χ0v) is 27.4. The van der Waals surface area contributed by atoms with Gasteiger partial charge in [0.25, 0.3) is 0 Å². The second-order valence-corrected chi connectivity index (χ2v) is 13.4. The molecule has 2 aliphatic heterocycles. The molecule has 0 aliphatic carbocycles.